The molecule has 4 rings (SSSR count). The lowest BCUT2D eigenvalue weighted by atomic mass is 9.85. The van der Waals surface area contributed by atoms with Gasteiger partial charge in [0.25, 0.3) is 0 Å². The summed E-state index contributed by atoms with van der Waals surface area (Å²) in [6.07, 6.45) is 4.60. The van der Waals surface area contributed by atoms with Gasteiger partial charge in [0.2, 0.25) is 5.91 Å². The summed E-state index contributed by atoms with van der Waals surface area (Å²) in [5, 5.41) is 11.8. The number of carbonyl (C=O) groups excluding carboxylic acids is 1. The molecule has 2 aliphatic rings. The normalized spacial score (nSPS) is 19.0. The minimum atomic E-state index is -0.516. The molecule has 0 aliphatic carbocycles. The lowest BCUT2D eigenvalue weighted by molar-refractivity contribution is -0.122. The highest BCUT2D eigenvalue weighted by atomic mass is 35.5. The molecule has 1 fully saturated rings. The molecule has 1 amide bonds. The van der Waals surface area contributed by atoms with Crippen molar-refractivity contribution in [3.63, 3.8) is 0 Å². The number of carbonyl (C=O) groups is 1. The zero-order valence-corrected chi connectivity index (χ0v) is 15.9. The van der Waals surface area contributed by atoms with Crippen LogP contribution in [0.2, 0.25) is 5.02 Å². The van der Waals surface area contributed by atoms with Gasteiger partial charge in [-0.3, -0.25) is 4.79 Å². The summed E-state index contributed by atoms with van der Waals surface area (Å²) in [5.74, 6) is -0.385. The second-order valence-corrected chi connectivity index (χ2v) is 7.62. The predicted octanol–water partition coefficient (Wildman–Crippen LogP) is 2.65. The first-order valence-corrected chi connectivity index (χ1v) is 9.49. The third-order valence-electron chi connectivity index (χ3n) is 5.69. The highest BCUT2D eigenvalue weighted by molar-refractivity contribution is 6.34. The lowest BCUT2D eigenvalue weighted by Crippen LogP contribution is -2.46. The Kier molecular flexibility index (Phi) is 4.86. The molecular weight excluding hydrogens is 373 g/mol. The number of hydrogen-bond donors (Lipinski definition) is 0. The van der Waals surface area contributed by atoms with E-state index < -0.39 is 5.54 Å². The first-order valence-electron chi connectivity index (χ1n) is 9.11. The maximum Gasteiger partial charge on any atom is 0.229 e. The SMILES string of the molecule is Cc1c(F)cc(Cl)c2c1CCCN2C(=O)CC1(n2cnnn2)CCOCC1. The van der Waals surface area contributed by atoms with Crippen molar-refractivity contribution in [2.45, 2.75) is 44.6 Å². The van der Waals surface area contributed by atoms with Crippen LogP contribution in [0.3, 0.4) is 0 Å². The molecule has 0 N–H and O–H groups in total. The van der Waals surface area contributed by atoms with Crippen LogP contribution in [0.15, 0.2) is 12.4 Å². The Labute approximate surface area is 161 Å². The molecule has 2 aliphatic heterocycles. The summed E-state index contributed by atoms with van der Waals surface area (Å²) in [7, 11) is 0. The van der Waals surface area contributed by atoms with Crippen molar-refractivity contribution in [1.29, 1.82) is 0 Å². The van der Waals surface area contributed by atoms with Gasteiger partial charge in [-0.2, -0.15) is 0 Å². The Morgan fingerprint density at radius 3 is 2.89 bits per heavy atom. The summed E-state index contributed by atoms with van der Waals surface area (Å²) in [6.45, 7) is 3.40. The van der Waals surface area contributed by atoms with E-state index in [-0.39, 0.29) is 23.2 Å². The number of fused-ring (bicyclic) bond motifs is 1. The summed E-state index contributed by atoms with van der Waals surface area (Å²) < 4.78 is 21.2. The monoisotopic (exact) mass is 393 g/mol. The molecule has 0 atom stereocenters. The molecule has 0 saturated carbocycles. The minimum Gasteiger partial charge on any atom is -0.381 e. The highest BCUT2D eigenvalue weighted by Crippen LogP contribution is 2.40. The number of amides is 1. The molecule has 0 spiro atoms. The standard InChI is InChI=1S/C18H21ClFN5O2/c1-12-13-3-2-6-24(17(13)14(19)9-15(12)20)16(26)10-18(4-7-27-8-5-18)25-11-21-22-23-25/h9,11H,2-8,10H2,1H3. The van der Waals surface area contributed by atoms with Crippen LogP contribution in [0.1, 0.15) is 36.8 Å². The molecule has 1 saturated heterocycles. The average molecular weight is 394 g/mol. The molecule has 7 nitrogen and oxygen atoms in total. The number of ether oxygens (including phenoxy) is 1. The first-order chi connectivity index (χ1) is 13.0. The number of halogens is 2. The predicted molar refractivity (Wildman–Crippen MR) is 97.3 cm³/mol. The van der Waals surface area contributed by atoms with Crippen LogP contribution in [0.5, 0.6) is 0 Å². The number of rotatable bonds is 3. The van der Waals surface area contributed by atoms with Gasteiger partial charge in [0, 0.05) is 19.8 Å². The molecule has 27 heavy (non-hydrogen) atoms. The molecule has 9 heteroatoms. The molecular formula is C18H21ClFN5O2. The Hall–Kier alpha value is -2.06. The van der Waals surface area contributed by atoms with Crippen molar-refractivity contribution in [1.82, 2.24) is 20.2 Å². The summed E-state index contributed by atoms with van der Waals surface area (Å²) in [4.78, 5) is 15.0. The van der Waals surface area contributed by atoms with E-state index in [1.54, 1.807) is 22.8 Å². The van der Waals surface area contributed by atoms with E-state index in [2.05, 4.69) is 15.5 Å². The fraction of sp³-hybridized carbons (Fsp3) is 0.556. The van der Waals surface area contributed by atoms with Crippen molar-refractivity contribution in [3.8, 4) is 0 Å². The van der Waals surface area contributed by atoms with E-state index in [9.17, 15) is 9.18 Å². The lowest BCUT2D eigenvalue weighted by Gasteiger charge is -2.39. The Balaban J connectivity index is 1.67. The van der Waals surface area contributed by atoms with Gasteiger partial charge in [-0.15, -0.1) is 5.10 Å². The van der Waals surface area contributed by atoms with Crippen LogP contribution >= 0.6 is 11.6 Å². The second kappa shape index (κ2) is 7.16. The summed E-state index contributed by atoms with van der Waals surface area (Å²) in [5.41, 5.74) is 1.51. The number of tetrazole rings is 1. The smallest absolute Gasteiger partial charge is 0.229 e. The molecule has 0 unspecified atom stereocenters. The van der Waals surface area contributed by atoms with Crippen molar-refractivity contribution in [2.75, 3.05) is 24.7 Å². The zero-order chi connectivity index (χ0) is 19.0. The fourth-order valence-electron chi connectivity index (χ4n) is 4.12. The molecule has 0 bridgehead atoms. The van der Waals surface area contributed by atoms with Crippen molar-refractivity contribution in [2.24, 2.45) is 0 Å². The molecule has 2 aromatic rings. The van der Waals surface area contributed by atoms with Crippen LogP contribution in [-0.2, 0) is 21.5 Å². The van der Waals surface area contributed by atoms with Crippen molar-refractivity contribution >= 4 is 23.2 Å². The van der Waals surface area contributed by atoms with Gasteiger partial charge < -0.3 is 9.64 Å². The number of nitrogens with zero attached hydrogens (tertiary/aromatic N) is 5. The third kappa shape index (κ3) is 3.21. The quantitative estimate of drug-likeness (QED) is 0.801. The molecule has 0 radical (unpaired) electrons. The van der Waals surface area contributed by atoms with Gasteiger partial charge in [-0.1, -0.05) is 11.6 Å². The van der Waals surface area contributed by atoms with Crippen molar-refractivity contribution < 1.29 is 13.9 Å². The second-order valence-electron chi connectivity index (χ2n) is 7.21. The van der Waals surface area contributed by atoms with Gasteiger partial charge >= 0.3 is 0 Å². The first kappa shape index (κ1) is 18.3. The maximum absolute atomic E-state index is 14.1. The van der Waals surface area contributed by atoms with Gasteiger partial charge in [-0.25, -0.2) is 9.07 Å². The van der Waals surface area contributed by atoms with Crippen LogP contribution < -0.4 is 4.90 Å². The minimum absolute atomic E-state index is 0.0544. The Bertz CT molecular complexity index is 852. The van der Waals surface area contributed by atoms with E-state index in [1.807, 2.05) is 0 Å². The summed E-state index contributed by atoms with van der Waals surface area (Å²) in [6, 6.07) is 1.30. The van der Waals surface area contributed by atoms with Crippen LogP contribution in [0, 0.1) is 12.7 Å². The Morgan fingerprint density at radius 2 is 2.19 bits per heavy atom. The molecule has 144 valence electrons. The van der Waals surface area contributed by atoms with Gasteiger partial charge in [-0.05, 0) is 60.2 Å². The van der Waals surface area contributed by atoms with Crippen LogP contribution in [0.25, 0.3) is 0 Å². The topological polar surface area (TPSA) is 73.1 Å². The largest absolute Gasteiger partial charge is 0.381 e. The maximum atomic E-state index is 14.1. The molecule has 1 aromatic carbocycles. The van der Waals surface area contributed by atoms with Gasteiger partial charge in [0.15, 0.2) is 0 Å². The number of benzene rings is 1. The van der Waals surface area contributed by atoms with Crippen LogP contribution in [0.4, 0.5) is 10.1 Å². The Morgan fingerprint density at radius 1 is 1.41 bits per heavy atom. The van der Waals surface area contributed by atoms with E-state index in [0.717, 1.165) is 12.0 Å². The number of anilines is 1. The number of aromatic nitrogens is 4. The van der Waals surface area contributed by atoms with Crippen LogP contribution in [-0.4, -0.2) is 45.9 Å². The zero-order valence-electron chi connectivity index (χ0n) is 15.1. The van der Waals surface area contributed by atoms with Gasteiger partial charge in [0.1, 0.15) is 12.1 Å². The average Bonchev–Trinajstić information content (AvgIpc) is 3.22. The number of hydrogen-bond acceptors (Lipinski definition) is 5. The summed E-state index contributed by atoms with van der Waals surface area (Å²) >= 11 is 6.34. The van der Waals surface area contributed by atoms with E-state index in [0.29, 0.717) is 50.3 Å². The highest BCUT2D eigenvalue weighted by Gasteiger charge is 2.40. The van der Waals surface area contributed by atoms with Gasteiger partial charge in [0.05, 0.1) is 22.7 Å². The third-order valence-corrected chi connectivity index (χ3v) is 5.98. The molecule has 3 heterocycles. The fourth-order valence-corrected chi connectivity index (χ4v) is 4.43. The van der Waals surface area contributed by atoms with E-state index >= 15 is 0 Å². The van der Waals surface area contributed by atoms with E-state index in [4.69, 9.17) is 16.3 Å². The van der Waals surface area contributed by atoms with E-state index in [1.165, 1.54) is 6.07 Å². The molecule has 1 aromatic heterocycles. The van der Waals surface area contributed by atoms with Crippen molar-refractivity contribution in [3.05, 3.63) is 34.4 Å².